The van der Waals surface area contributed by atoms with Gasteiger partial charge in [-0.15, -0.1) is 0 Å². The Morgan fingerprint density at radius 3 is 2.52 bits per heavy atom. The summed E-state index contributed by atoms with van der Waals surface area (Å²) >= 11 is 0. The molecule has 0 heterocycles. The van der Waals surface area contributed by atoms with E-state index in [1.807, 2.05) is 30.3 Å². The van der Waals surface area contributed by atoms with Crippen molar-refractivity contribution in [2.75, 3.05) is 18.9 Å². The number of carbonyl (C=O) groups is 1. The van der Waals surface area contributed by atoms with Gasteiger partial charge in [-0.1, -0.05) is 48.9 Å². The Labute approximate surface area is 149 Å². The van der Waals surface area contributed by atoms with Crippen molar-refractivity contribution in [3.8, 4) is 0 Å². The van der Waals surface area contributed by atoms with Crippen molar-refractivity contribution in [3.05, 3.63) is 65.2 Å². The van der Waals surface area contributed by atoms with E-state index in [0.29, 0.717) is 12.5 Å². The van der Waals surface area contributed by atoms with E-state index in [9.17, 15) is 4.79 Å². The van der Waals surface area contributed by atoms with E-state index in [2.05, 4.69) is 53.0 Å². The van der Waals surface area contributed by atoms with Crippen LogP contribution in [0.4, 0.5) is 5.69 Å². The third-order valence-corrected chi connectivity index (χ3v) is 3.80. The normalized spacial score (nSPS) is 11.1. The second kappa shape index (κ2) is 9.47. The number of nitrogens with zero attached hydrogens (tertiary/aromatic N) is 1. The molecule has 0 saturated heterocycles. The number of aliphatic imine (C=N–C) groups is 1. The van der Waals surface area contributed by atoms with Crippen LogP contribution in [0.2, 0.25) is 0 Å². The van der Waals surface area contributed by atoms with Gasteiger partial charge in [0.25, 0.3) is 0 Å². The van der Waals surface area contributed by atoms with Crippen LogP contribution < -0.4 is 16.0 Å². The lowest BCUT2D eigenvalue weighted by Crippen LogP contribution is -2.41. The lowest BCUT2D eigenvalue weighted by Gasteiger charge is -2.12. The van der Waals surface area contributed by atoms with E-state index in [0.717, 1.165) is 12.1 Å². The second-order valence-electron chi connectivity index (χ2n) is 5.87. The highest BCUT2D eigenvalue weighted by atomic mass is 16.1. The quantitative estimate of drug-likeness (QED) is 0.560. The van der Waals surface area contributed by atoms with Crippen LogP contribution in [0, 0.1) is 6.92 Å². The summed E-state index contributed by atoms with van der Waals surface area (Å²) in [5.41, 5.74) is 4.40. The average Bonchev–Trinajstić information content (AvgIpc) is 2.62. The number of hydrogen-bond donors (Lipinski definition) is 3. The summed E-state index contributed by atoms with van der Waals surface area (Å²) in [6.45, 7) is 4.96. The van der Waals surface area contributed by atoms with Gasteiger partial charge in [0.2, 0.25) is 5.91 Å². The molecule has 2 aromatic carbocycles. The van der Waals surface area contributed by atoms with Gasteiger partial charge in [0.1, 0.15) is 0 Å². The van der Waals surface area contributed by atoms with Crippen molar-refractivity contribution in [1.82, 2.24) is 10.6 Å². The number of hydrogen-bond acceptors (Lipinski definition) is 2. The minimum absolute atomic E-state index is 0.105. The van der Waals surface area contributed by atoms with Crippen molar-refractivity contribution in [3.63, 3.8) is 0 Å². The molecule has 0 bridgehead atoms. The van der Waals surface area contributed by atoms with Crippen molar-refractivity contribution in [1.29, 1.82) is 0 Å². The zero-order valence-electron chi connectivity index (χ0n) is 15.1. The fourth-order valence-electron chi connectivity index (χ4n) is 2.47. The molecular formula is C20H26N4O. The summed E-state index contributed by atoms with van der Waals surface area (Å²) in [4.78, 5) is 16.2. The van der Waals surface area contributed by atoms with E-state index in [1.165, 1.54) is 16.7 Å². The number of guanidine groups is 1. The summed E-state index contributed by atoms with van der Waals surface area (Å²) in [5, 5.41) is 9.13. The lowest BCUT2D eigenvalue weighted by atomic mass is 10.1. The molecule has 0 aliphatic heterocycles. The molecule has 0 saturated carbocycles. The molecule has 1 amide bonds. The van der Waals surface area contributed by atoms with Gasteiger partial charge in [0.05, 0.1) is 6.54 Å². The van der Waals surface area contributed by atoms with Gasteiger partial charge in [-0.3, -0.25) is 9.79 Å². The fraction of sp³-hybridized carbons (Fsp3) is 0.300. The zero-order chi connectivity index (χ0) is 18.1. The summed E-state index contributed by atoms with van der Waals surface area (Å²) < 4.78 is 0. The number of rotatable bonds is 6. The maximum absolute atomic E-state index is 12.1. The van der Waals surface area contributed by atoms with E-state index in [-0.39, 0.29) is 12.5 Å². The largest absolute Gasteiger partial charge is 0.352 e. The third-order valence-electron chi connectivity index (χ3n) is 3.80. The lowest BCUT2D eigenvalue weighted by molar-refractivity contribution is -0.115. The summed E-state index contributed by atoms with van der Waals surface area (Å²) in [6, 6.07) is 16.1. The molecule has 0 aromatic heterocycles. The molecule has 2 rings (SSSR count). The van der Waals surface area contributed by atoms with Crippen molar-refractivity contribution < 1.29 is 4.79 Å². The Morgan fingerprint density at radius 1 is 1.04 bits per heavy atom. The Bertz CT molecular complexity index is 740. The van der Waals surface area contributed by atoms with E-state index in [4.69, 9.17) is 0 Å². The monoisotopic (exact) mass is 338 g/mol. The third kappa shape index (κ3) is 6.30. The standard InChI is InChI=1S/C20H26N4O/c1-4-16-8-6-10-18(12-16)24-19(25)14-23-20(21-3)22-13-17-9-5-7-15(2)11-17/h5-12H,4,13-14H2,1-3H3,(H,24,25)(H2,21,22,23). The maximum Gasteiger partial charge on any atom is 0.243 e. The molecule has 132 valence electrons. The van der Waals surface area contributed by atoms with Crippen LogP contribution in [0.1, 0.15) is 23.6 Å². The van der Waals surface area contributed by atoms with Gasteiger partial charge in [0.15, 0.2) is 5.96 Å². The summed E-state index contributed by atoms with van der Waals surface area (Å²) in [6.07, 6.45) is 0.942. The maximum atomic E-state index is 12.1. The highest BCUT2D eigenvalue weighted by Crippen LogP contribution is 2.10. The SMILES string of the molecule is CCc1cccc(NC(=O)CNC(=NC)NCc2cccc(C)c2)c1. The Kier molecular flexibility index (Phi) is 7.01. The zero-order valence-corrected chi connectivity index (χ0v) is 15.1. The second-order valence-corrected chi connectivity index (χ2v) is 5.87. The van der Waals surface area contributed by atoms with E-state index in [1.54, 1.807) is 7.05 Å². The van der Waals surface area contributed by atoms with Gasteiger partial charge >= 0.3 is 0 Å². The van der Waals surface area contributed by atoms with Crippen molar-refractivity contribution >= 4 is 17.6 Å². The van der Waals surface area contributed by atoms with Gasteiger partial charge in [-0.2, -0.15) is 0 Å². The van der Waals surface area contributed by atoms with Crippen LogP contribution in [0.5, 0.6) is 0 Å². The van der Waals surface area contributed by atoms with Crippen LogP contribution in [0.3, 0.4) is 0 Å². The molecule has 5 nitrogen and oxygen atoms in total. The molecule has 0 unspecified atom stereocenters. The van der Waals surface area contributed by atoms with Crippen LogP contribution in [0.25, 0.3) is 0 Å². The first-order chi connectivity index (χ1) is 12.1. The van der Waals surface area contributed by atoms with Crippen LogP contribution in [-0.4, -0.2) is 25.5 Å². The predicted octanol–water partition coefficient (Wildman–Crippen LogP) is 2.86. The molecule has 0 atom stereocenters. The summed E-state index contributed by atoms with van der Waals surface area (Å²) in [5.74, 6) is 0.491. The minimum Gasteiger partial charge on any atom is -0.352 e. The Balaban J connectivity index is 1.80. The number of carbonyl (C=O) groups excluding carboxylic acids is 1. The first-order valence-corrected chi connectivity index (χ1v) is 8.49. The Hall–Kier alpha value is -2.82. The molecule has 0 aliphatic carbocycles. The van der Waals surface area contributed by atoms with Gasteiger partial charge in [0, 0.05) is 19.3 Å². The average molecular weight is 338 g/mol. The predicted molar refractivity (Wildman–Crippen MR) is 104 cm³/mol. The van der Waals surface area contributed by atoms with Crippen molar-refractivity contribution in [2.45, 2.75) is 26.8 Å². The molecular weight excluding hydrogens is 312 g/mol. The molecule has 3 N–H and O–H groups in total. The highest BCUT2D eigenvalue weighted by molar-refractivity contribution is 5.95. The van der Waals surface area contributed by atoms with Crippen LogP contribution in [0.15, 0.2) is 53.5 Å². The number of benzene rings is 2. The minimum atomic E-state index is -0.105. The molecule has 5 heteroatoms. The van der Waals surface area contributed by atoms with E-state index < -0.39 is 0 Å². The molecule has 0 radical (unpaired) electrons. The summed E-state index contributed by atoms with van der Waals surface area (Å²) in [7, 11) is 1.69. The number of anilines is 1. The molecule has 0 aliphatic rings. The topological polar surface area (TPSA) is 65.5 Å². The smallest absolute Gasteiger partial charge is 0.243 e. The van der Waals surface area contributed by atoms with Crippen molar-refractivity contribution in [2.24, 2.45) is 4.99 Å². The molecule has 0 fully saturated rings. The number of aryl methyl sites for hydroxylation is 2. The molecule has 2 aromatic rings. The van der Waals surface area contributed by atoms with Gasteiger partial charge < -0.3 is 16.0 Å². The Morgan fingerprint density at radius 2 is 1.80 bits per heavy atom. The van der Waals surface area contributed by atoms with Gasteiger partial charge in [-0.05, 0) is 36.6 Å². The fourth-order valence-corrected chi connectivity index (χ4v) is 2.47. The molecule has 0 spiro atoms. The highest BCUT2D eigenvalue weighted by Gasteiger charge is 2.05. The first kappa shape index (κ1) is 18.5. The number of amides is 1. The van der Waals surface area contributed by atoms with E-state index >= 15 is 0 Å². The molecule has 25 heavy (non-hydrogen) atoms. The number of nitrogens with one attached hydrogen (secondary N) is 3. The first-order valence-electron chi connectivity index (χ1n) is 8.49. The van der Waals surface area contributed by atoms with Gasteiger partial charge in [-0.25, -0.2) is 0 Å². The van der Waals surface area contributed by atoms with Crippen LogP contribution in [-0.2, 0) is 17.8 Å². The van der Waals surface area contributed by atoms with Crippen LogP contribution >= 0.6 is 0 Å².